The van der Waals surface area contributed by atoms with Gasteiger partial charge in [-0.1, -0.05) is 6.07 Å². The fourth-order valence-corrected chi connectivity index (χ4v) is 6.08. The third-order valence-corrected chi connectivity index (χ3v) is 7.87. The monoisotopic (exact) mass is 513 g/mol. The molecule has 0 bridgehead atoms. The molecule has 0 spiro atoms. The number of aliphatic hydroxyl groups excluding tert-OH is 2. The van der Waals surface area contributed by atoms with Gasteiger partial charge in [-0.25, -0.2) is 4.98 Å². The van der Waals surface area contributed by atoms with Crippen molar-refractivity contribution in [2.45, 2.75) is 24.9 Å². The zero-order chi connectivity index (χ0) is 26.9. The number of nitrogens with zero attached hydrogens (tertiary/aromatic N) is 2. The van der Waals surface area contributed by atoms with E-state index in [4.69, 9.17) is 5.73 Å². The summed E-state index contributed by atoms with van der Waals surface area (Å²) in [6.07, 6.45) is 5.34. The second-order valence-electron chi connectivity index (χ2n) is 9.89. The smallest absolute Gasteiger partial charge is 0.255 e. The first-order valence-corrected chi connectivity index (χ1v) is 12.0. The van der Waals surface area contributed by atoms with Crippen LogP contribution in [0.2, 0.25) is 0 Å². The Morgan fingerprint density at radius 1 is 1.05 bits per heavy atom. The molecule has 1 amide bonds. The normalized spacial score (nSPS) is 24.7. The van der Waals surface area contributed by atoms with Crippen LogP contribution in [0.5, 0.6) is 5.75 Å². The lowest BCUT2D eigenvalue weighted by Crippen LogP contribution is -2.58. The van der Waals surface area contributed by atoms with Crippen molar-refractivity contribution in [3.8, 4) is 22.7 Å². The molecule has 1 fully saturated rings. The highest BCUT2D eigenvalue weighted by molar-refractivity contribution is 6.22. The summed E-state index contributed by atoms with van der Waals surface area (Å²) in [5.41, 5.74) is 3.72. The molecule has 1 saturated carbocycles. The van der Waals surface area contributed by atoms with Gasteiger partial charge in [0, 0.05) is 42.1 Å². The van der Waals surface area contributed by atoms with Crippen LogP contribution in [0.25, 0.3) is 22.7 Å². The number of carbonyl (C=O) groups excluding carboxylic acids is 3. The van der Waals surface area contributed by atoms with Crippen LogP contribution in [0.3, 0.4) is 0 Å². The van der Waals surface area contributed by atoms with Gasteiger partial charge in [0.25, 0.3) is 5.91 Å². The van der Waals surface area contributed by atoms with Gasteiger partial charge in [-0.15, -0.1) is 0 Å². The van der Waals surface area contributed by atoms with Gasteiger partial charge >= 0.3 is 0 Å². The summed E-state index contributed by atoms with van der Waals surface area (Å²) in [4.78, 5) is 42.4. The van der Waals surface area contributed by atoms with E-state index in [0.717, 1.165) is 5.56 Å². The number of amides is 1. The standard InChI is InChI=1S/C28H23N3O7/c29-27(37)23-19(33)11-15-9-14-10-17-16(13-3-6-20(30-12-13)31-7-1-2-8-31)4-5-18(32)22(17)24(34)21(14)25(35)28(15,38)26(23)36/h1-8,12,14-15,32,34,36,38H,9-11H2,(H2,29,37)/t14-,15+,28+/m1/s1. The number of hydrogen-bond acceptors (Lipinski definition) is 8. The van der Waals surface area contributed by atoms with E-state index in [2.05, 4.69) is 4.98 Å². The number of phenols is 1. The summed E-state index contributed by atoms with van der Waals surface area (Å²) in [5.74, 6) is -5.81. The highest BCUT2D eigenvalue weighted by atomic mass is 16.3. The molecule has 2 heterocycles. The largest absolute Gasteiger partial charge is 0.508 e. The van der Waals surface area contributed by atoms with Crippen LogP contribution in [0, 0.1) is 11.8 Å². The number of carbonyl (C=O) groups is 3. The summed E-state index contributed by atoms with van der Waals surface area (Å²) >= 11 is 0. The summed E-state index contributed by atoms with van der Waals surface area (Å²) in [7, 11) is 0. The Morgan fingerprint density at radius 2 is 1.79 bits per heavy atom. The summed E-state index contributed by atoms with van der Waals surface area (Å²) < 4.78 is 1.85. The Balaban J connectivity index is 1.48. The summed E-state index contributed by atoms with van der Waals surface area (Å²) in [5, 5.41) is 44.0. The van der Waals surface area contributed by atoms with Crippen molar-refractivity contribution in [1.82, 2.24) is 9.55 Å². The second kappa shape index (κ2) is 8.15. The molecule has 1 aromatic carbocycles. The Morgan fingerprint density at radius 3 is 2.45 bits per heavy atom. The maximum Gasteiger partial charge on any atom is 0.255 e. The molecule has 0 unspecified atom stereocenters. The number of aromatic hydroxyl groups is 1. The third kappa shape index (κ3) is 3.16. The van der Waals surface area contributed by atoms with Gasteiger partial charge in [0.1, 0.15) is 28.7 Å². The van der Waals surface area contributed by atoms with Crippen LogP contribution < -0.4 is 5.73 Å². The molecule has 3 aliphatic carbocycles. The van der Waals surface area contributed by atoms with Gasteiger partial charge in [-0.3, -0.25) is 14.4 Å². The van der Waals surface area contributed by atoms with Crippen molar-refractivity contribution in [2.75, 3.05) is 0 Å². The maximum atomic E-state index is 13.6. The fourth-order valence-electron chi connectivity index (χ4n) is 6.08. The topological polar surface area (TPSA) is 176 Å². The van der Waals surface area contributed by atoms with Crippen molar-refractivity contribution in [1.29, 1.82) is 0 Å². The first-order chi connectivity index (χ1) is 18.1. The SMILES string of the molecule is NC(=O)C1=C(O)[C@@]2(O)C(=O)C3=C(O)c4c(O)ccc(-c5ccc(-n6cccc6)nc5)c4C[C@H]3C[C@H]2CC1=O. The molecule has 3 aliphatic rings. The zero-order valence-electron chi connectivity index (χ0n) is 20.0. The third-order valence-electron chi connectivity index (χ3n) is 7.87. The Labute approximate surface area is 216 Å². The van der Waals surface area contributed by atoms with Crippen molar-refractivity contribution in [2.24, 2.45) is 17.6 Å². The van der Waals surface area contributed by atoms with E-state index < -0.39 is 52.0 Å². The van der Waals surface area contributed by atoms with Crippen molar-refractivity contribution in [3.63, 3.8) is 0 Å². The number of primary amides is 1. The number of aromatic nitrogens is 2. The lowest BCUT2D eigenvalue weighted by Gasteiger charge is -2.46. The van der Waals surface area contributed by atoms with E-state index >= 15 is 0 Å². The number of phenolic OH excluding ortho intramolecular Hbond substituents is 1. The second-order valence-corrected chi connectivity index (χ2v) is 9.89. The highest BCUT2D eigenvalue weighted by Gasteiger charge is 2.60. The van der Waals surface area contributed by atoms with Crippen LogP contribution in [-0.4, -0.2) is 53.1 Å². The number of rotatable bonds is 3. The minimum absolute atomic E-state index is 0.0455. The molecular formula is C28H23N3O7. The fraction of sp³-hybridized carbons (Fsp3) is 0.214. The van der Waals surface area contributed by atoms with Crippen LogP contribution in [0.15, 0.2) is 71.9 Å². The molecular weight excluding hydrogens is 490 g/mol. The maximum absolute atomic E-state index is 13.6. The van der Waals surface area contributed by atoms with E-state index in [1.807, 2.05) is 41.2 Å². The molecule has 192 valence electrons. The minimum atomic E-state index is -2.58. The van der Waals surface area contributed by atoms with E-state index in [1.54, 1.807) is 12.3 Å². The van der Waals surface area contributed by atoms with E-state index in [1.165, 1.54) is 6.07 Å². The number of hydrogen-bond donors (Lipinski definition) is 5. The van der Waals surface area contributed by atoms with Gasteiger partial charge in [-0.05, 0) is 60.2 Å². The lowest BCUT2D eigenvalue weighted by molar-refractivity contribution is -0.147. The quantitative estimate of drug-likeness (QED) is 0.331. The Kier molecular flexibility index (Phi) is 5.08. The van der Waals surface area contributed by atoms with Crippen molar-refractivity contribution >= 4 is 23.2 Å². The average molecular weight is 514 g/mol. The molecule has 38 heavy (non-hydrogen) atoms. The molecule has 10 heteroatoms. The molecule has 6 N–H and O–H groups in total. The molecule has 0 radical (unpaired) electrons. The number of pyridine rings is 1. The van der Waals surface area contributed by atoms with E-state index in [9.17, 15) is 34.8 Å². The van der Waals surface area contributed by atoms with Gasteiger partial charge in [0.15, 0.2) is 11.4 Å². The van der Waals surface area contributed by atoms with Gasteiger partial charge < -0.3 is 30.7 Å². The minimum Gasteiger partial charge on any atom is -0.508 e. The molecule has 3 atom stereocenters. The number of nitrogens with two attached hydrogens (primary N) is 1. The van der Waals surface area contributed by atoms with Gasteiger partial charge in [0.2, 0.25) is 5.78 Å². The lowest BCUT2D eigenvalue weighted by atomic mass is 9.59. The molecule has 6 rings (SSSR count). The molecule has 0 aliphatic heterocycles. The van der Waals surface area contributed by atoms with Gasteiger partial charge in [0.05, 0.1) is 5.56 Å². The molecule has 3 aromatic rings. The van der Waals surface area contributed by atoms with Gasteiger partial charge in [-0.2, -0.15) is 0 Å². The molecule has 10 nitrogen and oxygen atoms in total. The van der Waals surface area contributed by atoms with Crippen molar-refractivity contribution < 1.29 is 34.8 Å². The number of benzene rings is 1. The average Bonchev–Trinajstić information content (AvgIpc) is 3.41. The van der Waals surface area contributed by atoms with Crippen LogP contribution >= 0.6 is 0 Å². The summed E-state index contributed by atoms with van der Waals surface area (Å²) in [6.45, 7) is 0. The summed E-state index contributed by atoms with van der Waals surface area (Å²) in [6, 6.07) is 10.6. The van der Waals surface area contributed by atoms with Crippen molar-refractivity contribution in [3.05, 3.63) is 83.0 Å². The Hall–Kier alpha value is -4.70. The molecule has 0 saturated heterocycles. The number of ketones is 2. The van der Waals surface area contributed by atoms with Crippen LogP contribution in [0.4, 0.5) is 0 Å². The van der Waals surface area contributed by atoms with E-state index in [-0.39, 0.29) is 36.1 Å². The predicted molar refractivity (Wildman–Crippen MR) is 134 cm³/mol. The highest BCUT2D eigenvalue weighted by Crippen LogP contribution is 2.53. The first-order valence-electron chi connectivity index (χ1n) is 12.0. The van der Waals surface area contributed by atoms with Crippen LogP contribution in [0.1, 0.15) is 24.0 Å². The molecule has 2 aromatic heterocycles. The number of Topliss-reactive ketones (excluding diaryl/α,β-unsaturated/α-hetero) is 2. The van der Waals surface area contributed by atoms with E-state index in [0.29, 0.717) is 16.9 Å². The number of fused-ring (bicyclic) bond motifs is 3. The Bertz CT molecular complexity index is 1600. The predicted octanol–water partition coefficient (Wildman–Crippen LogP) is 2.28. The van der Waals surface area contributed by atoms with Crippen LogP contribution in [-0.2, 0) is 20.8 Å². The first kappa shape index (κ1) is 23.7. The number of aliphatic hydroxyl groups is 3. The zero-order valence-corrected chi connectivity index (χ0v) is 20.0.